The smallest absolute Gasteiger partial charge is 0.409 e. The molecule has 0 radical (unpaired) electrons. The van der Waals surface area contributed by atoms with E-state index in [0.29, 0.717) is 19.8 Å². The number of rotatable bonds is 45. The Hall–Kier alpha value is -1.83. The molecule has 0 spiro atoms. The Balaban J connectivity index is 4.32. The second-order valence-electron chi connectivity index (χ2n) is 18.0. The van der Waals surface area contributed by atoms with E-state index in [1.54, 1.807) is 0 Å². The Bertz CT molecular complexity index is 846. The number of hydrogen-bond acceptors (Lipinski definition) is 7. The van der Waals surface area contributed by atoms with Gasteiger partial charge in [-0.1, -0.05) is 195 Å². The first-order valence-electron chi connectivity index (χ1n) is 25.7. The number of hydrogen-bond donors (Lipinski definition) is 0. The molecule has 0 atom stereocenters. The molecule has 0 saturated heterocycles. The van der Waals surface area contributed by atoms with Gasteiger partial charge in [-0.25, -0.2) is 4.79 Å². The van der Waals surface area contributed by atoms with Gasteiger partial charge in [-0.05, 0) is 65.5 Å². The molecule has 0 aromatic rings. The average Bonchev–Trinajstić information content (AvgIpc) is 3.22. The minimum absolute atomic E-state index is 0.0405. The van der Waals surface area contributed by atoms with Crippen LogP contribution < -0.4 is 0 Å². The zero-order valence-corrected chi connectivity index (χ0v) is 40.3. The predicted octanol–water partition coefficient (Wildman–Crippen LogP) is 14.6. The van der Waals surface area contributed by atoms with E-state index >= 15 is 0 Å². The highest BCUT2D eigenvalue weighted by Crippen LogP contribution is 2.22. The number of likely N-dealkylation sites (N-methyl/N-ethyl adjacent to an activating group) is 1. The highest BCUT2D eigenvalue weighted by atomic mass is 16.6. The van der Waals surface area contributed by atoms with Crippen molar-refractivity contribution < 1.29 is 28.6 Å². The van der Waals surface area contributed by atoms with Gasteiger partial charge in [0.15, 0.2) is 0 Å². The quantitative estimate of drug-likeness (QED) is 0.0343. The van der Waals surface area contributed by atoms with Gasteiger partial charge in [0, 0.05) is 19.6 Å². The first kappa shape index (κ1) is 57.2. The van der Waals surface area contributed by atoms with E-state index in [1.165, 1.54) is 103 Å². The van der Waals surface area contributed by atoms with Gasteiger partial charge in [0.05, 0.1) is 25.0 Å². The van der Waals surface area contributed by atoms with Gasteiger partial charge in [-0.2, -0.15) is 0 Å². The second-order valence-corrected chi connectivity index (χ2v) is 18.0. The summed E-state index contributed by atoms with van der Waals surface area (Å²) in [6.45, 7) is 12.7. The molecule has 8 nitrogen and oxygen atoms in total. The van der Waals surface area contributed by atoms with Crippen molar-refractivity contribution in [2.75, 3.05) is 53.6 Å². The van der Waals surface area contributed by atoms with Gasteiger partial charge in [0.1, 0.15) is 6.61 Å². The number of unbranched alkanes of at least 4 members (excludes halogenated alkanes) is 24. The van der Waals surface area contributed by atoms with Gasteiger partial charge in [0.2, 0.25) is 0 Å². The third-order valence-corrected chi connectivity index (χ3v) is 11.9. The van der Waals surface area contributed by atoms with Crippen LogP contribution in [-0.2, 0) is 23.8 Å². The van der Waals surface area contributed by atoms with E-state index in [4.69, 9.17) is 14.2 Å². The summed E-state index contributed by atoms with van der Waals surface area (Å²) >= 11 is 0. The molecule has 0 heterocycles. The van der Waals surface area contributed by atoms with Crippen LogP contribution in [-0.4, -0.2) is 81.4 Å². The van der Waals surface area contributed by atoms with Gasteiger partial charge in [-0.15, -0.1) is 0 Å². The van der Waals surface area contributed by atoms with E-state index < -0.39 is 0 Å². The monoisotopic (exact) mass is 837 g/mol. The SMILES string of the molecule is CCCCCCC(CCCCCC)C(=O)OCCCCCCCCCN(CCCCCCCCCOC(=O)C(CCCCCC)CCCCCC)C(=O)OCCN(C)C. The van der Waals surface area contributed by atoms with Gasteiger partial charge in [0.25, 0.3) is 0 Å². The number of amides is 1. The standard InChI is InChI=1S/C51H100N2O6/c1-7-11-15-29-37-47(38-30-16-12-8-2)49(54)57-44-35-27-23-19-21-25-33-41-53(51(56)59-46-43-52(5)6)42-34-26-22-20-24-28-36-45-58-50(55)48(39-31-17-13-9-3)40-32-18-14-10-4/h47-48H,7-46H2,1-6H3. The number of esters is 2. The molecule has 8 heteroatoms. The summed E-state index contributed by atoms with van der Waals surface area (Å²) in [7, 11) is 3.99. The largest absolute Gasteiger partial charge is 0.465 e. The summed E-state index contributed by atoms with van der Waals surface area (Å²) in [6.07, 6.45) is 38.4. The third kappa shape index (κ3) is 37.6. The van der Waals surface area contributed by atoms with Crippen LogP contribution in [0.1, 0.15) is 246 Å². The van der Waals surface area contributed by atoms with Crippen molar-refractivity contribution in [3.8, 4) is 0 Å². The summed E-state index contributed by atoms with van der Waals surface area (Å²) in [5.74, 6) is 0.251. The van der Waals surface area contributed by atoms with Gasteiger partial charge in [-0.3, -0.25) is 9.59 Å². The fourth-order valence-corrected chi connectivity index (χ4v) is 7.89. The molecule has 0 N–H and O–H groups in total. The van der Waals surface area contributed by atoms with Crippen molar-refractivity contribution in [2.45, 2.75) is 246 Å². The topological polar surface area (TPSA) is 85.4 Å². The summed E-state index contributed by atoms with van der Waals surface area (Å²) in [5.41, 5.74) is 0. The maximum Gasteiger partial charge on any atom is 0.409 e. The van der Waals surface area contributed by atoms with E-state index in [9.17, 15) is 14.4 Å². The Morgan fingerprint density at radius 3 is 0.983 bits per heavy atom. The van der Waals surface area contributed by atoms with Crippen molar-refractivity contribution in [3.05, 3.63) is 0 Å². The molecule has 350 valence electrons. The number of carbonyl (C=O) groups is 3. The molecule has 0 saturated carbocycles. The van der Waals surface area contributed by atoms with Gasteiger partial charge >= 0.3 is 18.0 Å². The fourth-order valence-electron chi connectivity index (χ4n) is 7.89. The number of ether oxygens (including phenoxy) is 3. The van der Waals surface area contributed by atoms with Crippen LogP contribution >= 0.6 is 0 Å². The van der Waals surface area contributed by atoms with Crippen LogP contribution in [0.25, 0.3) is 0 Å². The van der Waals surface area contributed by atoms with Crippen LogP contribution in [0.4, 0.5) is 4.79 Å². The zero-order valence-electron chi connectivity index (χ0n) is 40.3. The molecule has 0 aromatic carbocycles. The Morgan fingerprint density at radius 1 is 0.356 bits per heavy atom. The summed E-state index contributed by atoms with van der Waals surface area (Å²) in [4.78, 5) is 42.6. The normalized spacial score (nSPS) is 11.5. The lowest BCUT2D eigenvalue weighted by Gasteiger charge is -2.23. The van der Waals surface area contributed by atoms with Crippen LogP contribution in [0.3, 0.4) is 0 Å². The molecule has 1 amide bonds. The summed E-state index contributed by atoms with van der Waals surface area (Å²) in [6, 6.07) is 0. The molecule has 0 aromatic heterocycles. The Morgan fingerprint density at radius 2 is 0.661 bits per heavy atom. The molecule has 0 rings (SSSR count). The molecule has 0 aliphatic heterocycles. The molecule has 0 unspecified atom stereocenters. The Labute approximate surface area is 366 Å². The lowest BCUT2D eigenvalue weighted by molar-refractivity contribution is -0.150. The molecule has 0 fully saturated rings. The molecular weight excluding hydrogens is 737 g/mol. The molecule has 59 heavy (non-hydrogen) atoms. The molecule has 0 aliphatic carbocycles. The highest BCUT2D eigenvalue weighted by Gasteiger charge is 2.20. The summed E-state index contributed by atoms with van der Waals surface area (Å²) in [5, 5.41) is 0. The third-order valence-electron chi connectivity index (χ3n) is 11.9. The van der Waals surface area contributed by atoms with Crippen molar-refractivity contribution >= 4 is 18.0 Å². The lowest BCUT2D eigenvalue weighted by Crippen LogP contribution is -2.35. The van der Waals surface area contributed by atoms with Crippen LogP contribution in [0.5, 0.6) is 0 Å². The van der Waals surface area contributed by atoms with E-state index in [1.807, 2.05) is 23.9 Å². The maximum atomic E-state index is 13.0. The van der Waals surface area contributed by atoms with Crippen molar-refractivity contribution in [2.24, 2.45) is 11.8 Å². The van der Waals surface area contributed by atoms with Crippen LogP contribution in [0.2, 0.25) is 0 Å². The highest BCUT2D eigenvalue weighted by molar-refractivity contribution is 5.72. The number of nitrogens with zero attached hydrogens (tertiary/aromatic N) is 2. The van der Waals surface area contributed by atoms with Crippen LogP contribution in [0, 0.1) is 11.8 Å². The van der Waals surface area contributed by atoms with E-state index in [-0.39, 0.29) is 29.9 Å². The first-order valence-corrected chi connectivity index (χ1v) is 25.7. The predicted molar refractivity (Wildman–Crippen MR) is 250 cm³/mol. The average molecular weight is 837 g/mol. The summed E-state index contributed by atoms with van der Waals surface area (Å²) < 4.78 is 17.2. The van der Waals surface area contributed by atoms with E-state index in [0.717, 1.165) is 135 Å². The van der Waals surface area contributed by atoms with Gasteiger partial charge < -0.3 is 24.0 Å². The van der Waals surface area contributed by atoms with Crippen LogP contribution in [0.15, 0.2) is 0 Å². The number of carbonyl (C=O) groups excluding carboxylic acids is 3. The Kier molecular flexibility index (Phi) is 42.9. The first-order chi connectivity index (χ1) is 28.8. The van der Waals surface area contributed by atoms with Crippen molar-refractivity contribution in [1.29, 1.82) is 0 Å². The fraction of sp³-hybridized carbons (Fsp3) is 0.941. The maximum absolute atomic E-state index is 13.0. The minimum Gasteiger partial charge on any atom is -0.465 e. The molecule has 0 aliphatic rings. The van der Waals surface area contributed by atoms with E-state index in [2.05, 4.69) is 27.7 Å². The zero-order chi connectivity index (χ0) is 43.4. The second kappa shape index (κ2) is 44.2. The lowest BCUT2D eigenvalue weighted by atomic mass is 9.94. The molecule has 0 bridgehead atoms. The van der Waals surface area contributed by atoms with Crippen molar-refractivity contribution in [1.82, 2.24) is 9.80 Å². The molecular formula is C51H100N2O6. The van der Waals surface area contributed by atoms with Crippen molar-refractivity contribution in [3.63, 3.8) is 0 Å². The minimum atomic E-state index is -0.177.